The molecule has 0 aliphatic heterocycles. The third-order valence-corrected chi connectivity index (χ3v) is 4.26. The fraction of sp³-hybridized carbons (Fsp3) is 0.409. The molecule has 2 rings (SSSR count). The molecule has 0 bridgehead atoms. The highest BCUT2D eigenvalue weighted by atomic mass is 32.2. The molecule has 0 aliphatic carbocycles. The van der Waals surface area contributed by atoms with Gasteiger partial charge in [-0.05, 0) is 43.2 Å². The van der Waals surface area contributed by atoms with Crippen LogP contribution in [0, 0.1) is 0 Å². The number of rotatable bonds is 9. The Kier molecular flexibility index (Phi) is 12.3. The van der Waals surface area contributed by atoms with E-state index in [0.29, 0.717) is 31.8 Å². The number of benzene rings is 2. The molecule has 142 valence electrons. The number of hydrogen-bond donors (Lipinski definition) is 0. The first-order valence-electron chi connectivity index (χ1n) is 9.24. The highest BCUT2D eigenvalue weighted by molar-refractivity contribution is 7.98. The fourth-order valence-electron chi connectivity index (χ4n) is 1.98. The van der Waals surface area contributed by atoms with Crippen LogP contribution in [0.2, 0.25) is 0 Å². The van der Waals surface area contributed by atoms with E-state index in [1.54, 1.807) is 11.8 Å². The predicted octanol–water partition coefficient (Wildman–Crippen LogP) is 6.12. The summed E-state index contributed by atoms with van der Waals surface area (Å²) in [6.07, 6.45) is 2.32. The van der Waals surface area contributed by atoms with Gasteiger partial charge in [-0.25, -0.2) is 0 Å². The van der Waals surface area contributed by atoms with Gasteiger partial charge in [0.15, 0.2) is 0 Å². The average molecular weight is 375 g/mol. The highest BCUT2D eigenvalue weighted by Crippen LogP contribution is 2.23. The van der Waals surface area contributed by atoms with Crippen molar-refractivity contribution >= 4 is 17.7 Å². The average Bonchev–Trinajstić information content (AvgIpc) is 2.66. The second kappa shape index (κ2) is 14.4. The maximum atomic E-state index is 11.7. The van der Waals surface area contributed by atoms with Gasteiger partial charge in [-0.1, -0.05) is 50.6 Å². The molecule has 0 atom stereocenters. The summed E-state index contributed by atoms with van der Waals surface area (Å²) in [5.74, 6) is 1.28. The van der Waals surface area contributed by atoms with Crippen LogP contribution in [0.25, 0.3) is 0 Å². The van der Waals surface area contributed by atoms with E-state index in [9.17, 15) is 4.79 Å². The Bertz CT molecular complexity index is 597. The smallest absolute Gasteiger partial charge is 0.311 e. The molecule has 0 spiro atoms. The lowest BCUT2D eigenvalue weighted by atomic mass is 10.2. The van der Waals surface area contributed by atoms with Gasteiger partial charge in [0.05, 0.1) is 0 Å². The summed E-state index contributed by atoms with van der Waals surface area (Å²) in [5, 5.41) is 0. The molecule has 0 radical (unpaired) electrons. The van der Waals surface area contributed by atoms with Crippen LogP contribution in [-0.2, 0) is 15.3 Å². The molecule has 0 saturated carbocycles. The first-order chi connectivity index (χ1) is 12.7. The second-order valence-corrected chi connectivity index (χ2v) is 6.78. The summed E-state index contributed by atoms with van der Waals surface area (Å²) in [7, 11) is 0. The zero-order valence-corrected chi connectivity index (χ0v) is 16.9. The summed E-state index contributed by atoms with van der Waals surface area (Å²) in [6.45, 7) is 7.47. The molecule has 3 nitrogen and oxygen atoms in total. The standard InChI is InChI=1S/C19H22O3S.C3H8/c1-2-21-14-6-9-19(20)22-17-12-10-16(11-13-17)15-23-18-7-4-3-5-8-18;1-3-2/h3-5,7-8,10-13H,2,6,9,14-15H2,1H3;3H2,1-2H3. The van der Waals surface area contributed by atoms with Crippen molar-refractivity contribution in [3.8, 4) is 5.75 Å². The number of carbonyl (C=O) groups is 1. The van der Waals surface area contributed by atoms with Gasteiger partial charge in [-0.15, -0.1) is 11.8 Å². The third kappa shape index (κ3) is 10.3. The first-order valence-corrected chi connectivity index (χ1v) is 10.2. The Morgan fingerprint density at radius 2 is 1.62 bits per heavy atom. The van der Waals surface area contributed by atoms with Crippen LogP contribution in [0.15, 0.2) is 59.5 Å². The topological polar surface area (TPSA) is 35.5 Å². The molecule has 4 heteroatoms. The molecule has 0 N–H and O–H groups in total. The lowest BCUT2D eigenvalue weighted by Crippen LogP contribution is -2.09. The molecule has 0 aliphatic rings. The molecule has 2 aromatic carbocycles. The molecule has 0 saturated heterocycles. The molecule has 0 heterocycles. The second-order valence-electron chi connectivity index (χ2n) is 5.73. The van der Waals surface area contributed by atoms with Crippen molar-refractivity contribution in [3.05, 3.63) is 60.2 Å². The summed E-state index contributed by atoms with van der Waals surface area (Å²) < 4.78 is 10.5. The summed E-state index contributed by atoms with van der Waals surface area (Å²) in [4.78, 5) is 12.9. The molecular formula is C22H30O3S. The molecule has 0 amide bonds. The van der Waals surface area contributed by atoms with Crippen LogP contribution in [0.5, 0.6) is 5.75 Å². The van der Waals surface area contributed by atoms with Gasteiger partial charge < -0.3 is 9.47 Å². The van der Waals surface area contributed by atoms with Crippen molar-refractivity contribution in [2.75, 3.05) is 13.2 Å². The molecule has 0 unspecified atom stereocenters. The van der Waals surface area contributed by atoms with E-state index in [0.717, 1.165) is 5.75 Å². The van der Waals surface area contributed by atoms with Gasteiger partial charge in [0, 0.05) is 30.3 Å². The summed E-state index contributed by atoms with van der Waals surface area (Å²) >= 11 is 1.79. The Hall–Kier alpha value is -1.78. The van der Waals surface area contributed by atoms with Crippen molar-refractivity contribution in [3.63, 3.8) is 0 Å². The quantitative estimate of drug-likeness (QED) is 0.229. The van der Waals surface area contributed by atoms with E-state index in [-0.39, 0.29) is 5.97 Å². The number of hydrogen-bond acceptors (Lipinski definition) is 4. The molecular weight excluding hydrogens is 344 g/mol. The lowest BCUT2D eigenvalue weighted by molar-refractivity contribution is -0.134. The van der Waals surface area contributed by atoms with Crippen molar-refractivity contribution < 1.29 is 14.3 Å². The van der Waals surface area contributed by atoms with Gasteiger partial charge in [0.1, 0.15) is 5.75 Å². The Morgan fingerprint density at radius 1 is 0.962 bits per heavy atom. The minimum Gasteiger partial charge on any atom is -0.427 e. The van der Waals surface area contributed by atoms with Gasteiger partial charge in [-0.2, -0.15) is 0 Å². The maximum absolute atomic E-state index is 11.7. The summed E-state index contributed by atoms with van der Waals surface area (Å²) in [6, 6.07) is 18.0. The van der Waals surface area contributed by atoms with Crippen LogP contribution in [0.1, 0.15) is 45.6 Å². The third-order valence-electron chi connectivity index (χ3n) is 3.18. The van der Waals surface area contributed by atoms with Crippen molar-refractivity contribution in [1.82, 2.24) is 0 Å². The van der Waals surface area contributed by atoms with Gasteiger partial charge in [-0.3, -0.25) is 4.79 Å². The molecule has 0 fully saturated rings. The van der Waals surface area contributed by atoms with E-state index in [4.69, 9.17) is 9.47 Å². The largest absolute Gasteiger partial charge is 0.427 e. The van der Waals surface area contributed by atoms with Gasteiger partial charge >= 0.3 is 5.97 Å². The lowest BCUT2D eigenvalue weighted by Gasteiger charge is -2.06. The van der Waals surface area contributed by atoms with Gasteiger partial charge in [0.25, 0.3) is 0 Å². The van der Waals surface area contributed by atoms with Crippen LogP contribution in [0.4, 0.5) is 0 Å². The van der Waals surface area contributed by atoms with Crippen LogP contribution in [-0.4, -0.2) is 19.2 Å². The molecule has 2 aromatic rings. The Balaban J connectivity index is 0.00000105. The minimum absolute atomic E-state index is 0.212. The predicted molar refractivity (Wildman–Crippen MR) is 110 cm³/mol. The van der Waals surface area contributed by atoms with Crippen LogP contribution < -0.4 is 4.74 Å². The number of ether oxygens (including phenoxy) is 2. The Labute approximate surface area is 162 Å². The van der Waals surface area contributed by atoms with Crippen molar-refractivity contribution in [1.29, 1.82) is 0 Å². The zero-order valence-electron chi connectivity index (χ0n) is 16.1. The number of carbonyl (C=O) groups excluding carboxylic acids is 1. The molecule has 26 heavy (non-hydrogen) atoms. The van der Waals surface area contributed by atoms with E-state index in [1.807, 2.05) is 49.4 Å². The summed E-state index contributed by atoms with van der Waals surface area (Å²) in [5.41, 5.74) is 1.20. The van der Waals surface area contributed by atoms with Crippen LogP contribution in [0.3, 0.4) is 0 Å². The van der Waals surface area contributed by atoms with E-state index in [1.165, 1.54) is 16.9 Å². The van der Waals surface area contributed by atoms with Crippen molar-refractivity contribution in [2.45, 2.75) is 50.7 Å². The highest BCUT2D eigenvalue weighted by Gasteiger charge is 2.05. The SMILES string of the molecule is CCC.CCOCCCC(=O)Oc1ccc(CSc2ccccc2)cc1. The number of thioether (sulfide) groups is 1. The van der Waals surface area contributed by atoms with E-state index in [2.05, 4.69) is 26.0 Å². The first kappa shape index (κ1) is 22.3. The van der Waals surface area contributed by atoms with Crippen molar-refractivity contribution in [2.24, 2.45) is 0 Å². The normalized spacial score (nSPS) is 9.96. The fourth-order valence-corrected chi connectivity index (χ4v) is 2.86. The minimum atomic E-state index is -0.212. The van der Waals surface area contributed by atoms with E-state index < -0.39 is 0 Å². The van der Waals surface area contributed by atoms with Crippen LogP contribution >= 0.6 is 11.8 Å². The maximum Gasteiger partial charge on any atom is 0.311 e. The monoisotopic (exact) mass is 374 g/mol. The zero-order chi connectivity index (χ0) is 19.0. The number of esters is 1. The molecule has 0 aromatic heterocycles. The van der Waals surface area contributed by atoms with E-state index >= 15 is 0 Å². The van der Waals surface area contributed by atoms with Gasteiger partial charge in [0.2, 0.25) is 0 Å². The Morgan fingerprint density at radius 3 is 2.23 bits per heavy atom.